The second-order valence-electron chi connectivity index (χ2n) is 10.4. The molecule has 1 saturated carbocycles. The van der Waals surface area contributed by atoms with Crippen molar-refractivity contribution in [2.24, 2.45) is 5.92 Å². The molecule has 2 aliphatic heterocycles. The minimum atomic E-state index is -0.389. The van der Waals surface area contributed by atoms with Gasteiger partial charge in [-0.2, -0.15) is 0 Å². The van der Waals surface area contributed by atoms with Crippen LogP contribution < -0.4 is 10.6 Å². The number of benzene rings is 1. The first-order valence-electron chi connectivity index (χ1n) is 13.2. The van der Waals surface area contributed by atoms with Crippen molar-refractivity contribution in [1.82, 2.24) is 15.5 Å². The summed E-state index contributed by atoms with van der Waals surface area (Å²) < 4.78 is 0. The second kappa shape index (κ2) is 10.9. The Labute approximate surface area is 199 Å². The van der Waals surface area contributed by atoms with Gasteiger partial charge in [0.1, 0.15) is 6.04 Å². The van der Waals surface area contributed by atoms with Gasteiger partial charge in [0.2, 0.25) is 5.91 Å². The lowest BCUT2D eigenvalue weighted by molar-refractivity contribution is -0.126. The van der Waals surface area contributed by atoms with Crippen LogP contribution in [0.25, 0.3) is 0 Å². The molecule has 0 bridgehead atoms. The van der Waals surface area contributed by atoms with Gasteiger partial charge in [0, 0.05) is 29.9 Å². The van der Waals surface area contributed by atoms with Gasteiger partial charge in [-0.15, -0.1) is 0 Å². The molecule has 3 atom stereocenters. The molecule has 1 unspecified atom stereocenters. The van der Waals surface area contributed by atoms with Crippen molar-refractivity contribution in [3.8, 4) is 0 Å². The first-order chi connectivity index (χ1) is 16.0. The lowest BCUT2D eigenvalue weighted by Crippen LogP contribution is -2.49. The molecule has 5 heteroatoms. The van der Waals surface area contributed by atoms with Crippen LogP contribution in [0.4, 0.5) is 0 Å². The molecule has 1 saturated heterocycles. The van der Waals surface area contributed by atoms with E-state index >= 15 is 0 Å². The Hall–Kier alpha value is -2.14. The highest BCUT2D eigenvalue weighted by molar-refractivity contribution is 6.01. The van der Waals surface area contributed by atoms with E-state index in [0.29, 0.717) is 31.0 Å². The molecular weight excluding hydrogens is 410 g/mol. The molecule has 2 amide bonds. The van der Waals surface area contributed by atoms with Crippen molar-refractivity contribution >= 4 is 11.8 Å². The number of hydrogen-bond acceptors (Lipinski definition) is 3. The summed E-state index contributed by atoms with van der Waals surface area (Å²) in [4.78, 5) is 27.2. The quantitative estimate of drug-likeness (QED) is 0.549. The van der Waals surface area contributed by atoms with Gasteiger partial charge in [0.15, 0.2) is 0 Å². The number of amides is 2. The van der Waals surface area contributed by atoms with Gasteiger partial charge in [-0.05, 0) is 68.1 Å². The Morgan fingerprint density at radius 1 is 1.12 bits per heavy atom. The highest BCUT2D eigenvalue weighted by Crippen LogP contribution is 2.32. The Kier molecular flexibility index (Phi) is 7.90. The molecule has 1 aliphatic carbocycles. The molecular formula is C28H41N3O2. The van der Waals surface area contributed by atoms with E-state index < -0.39 is 0 Å². The largest absolute Gasteiger partial charge is 0.329 e. The lowest BCUT2D eigenvalue weighted by Gasteiger charge is -2.35. The van der Waals surface area contributed by atoms with Gasteiger partial charge >= 0.3 is 0 Å². The monoisotopic (exact) mass is 451 g/mol. The van der Waals surface area contributed by atoms with Crippen LogP contribution in [0, 0.1) is 5.92 Å². The van der Waals surface area contributed by atoms with Crippen LogP contribution in [0.2, 0.25) is 0 Å². The number of piperidine rings is 1. The number of carbonyl (C=O) groups excluding carboxylic acids is 2. The van der Waals surface area contributed by atoms with Gasteiger partial charge in [0.05, 0.1) is 0 Å². The summed E-state index contributed by atoms with van der Waals surface area (Å²) >= 11 is 0. The van der Waals surface area contributed by atoms with Gasteiger partial charge in [-0.3, -0.25) is 9.59 Å². The summed E-state index contributed by atoms with van der Waals surface area (Å²) in [6.07, 6.45) is 12.6. The van der Waals surface area contributed by atoms with E-state index in [2.05, 4.69) is 43.2 Å². The van der Waals surface area contributed by atoms with Crippen molar-refractivity contribution in [3.63, 3.8) is 0 Å². The second-order valence-corrected chi connectivity index (χ2v) is 10.4. The van der Waals surface area contributed by atoms with Crippen LogP contribution in [-0.4, -0.2) is 34.8 Å². The number of carbonyl (C=O) groups is 2. The number of fused-ring (bicyclic) bond motifs is 1. The SMILES string of the molecule is C=C1CCC(N2Cc3cc(C[C@H]4CCCC[C@@H]4NC(CCC)CCC)ccc3C2=O)C(=O)N1. The zero-order chi connectivity index (χ0) is 23.4. The summed E-state index contributed by atoms with van der Waals surface area (Å²) in [7, 11) is 0. The first kappa shape index (κ1) is 24.0. The highest BCUT2D eigenvalue weighted by Gasteiger charge is 2.38. The number of hydrogen-bond donors (Lipinski definition) is 2. The minimum Gasteiger partial charge on any atom is -0.329 e. The molecule has 0 radical (unpaired) electrons. The van der Waals surface area contributed by atoms with E-state index in [1.807, 2.05) is 6.07 Å². The fraction of sp³-hybridized carbons (Fsp3) is 0.643. The van der Waals surface area contributed by atoms with Crippen LogP contribution in [0.3, 0.4) is 0 Å². The number of rotatable bonds is 9. The van der Waals surface area contributed by atoms with Gasteiger partial charge in [-0.25, -0.2) is 0 Å². The molecule has 3 aliphatic rings. The molecule has 180 valence electrons. The Balaban J connectivity index is 1.43. The summed E-state index contributed by atoms with van der Waals surface area (Å²) in [5.41, 5.74) is 3.91. The summed E-state index contributed by atoms with van der Waals surface area (Å²) in [6, 6.07) is 7.20. The Morgan fingerprint density at radius 2 is 1.88 bits per heavy atom. The predicted molar refractivity (Wildman–Crippen MR) is 133 cm³/mol. The van der Waals surface area contributed by atoms with Gasteiger partial charge in [0.25, 0.3) is 5.91 Å². The van der Waals surface area contributed by atoms with Crippen molar-refractivity contribution in [1.29, 1.82) is 0 Å². The Morgan fingerprint density at radius 3 is 2.61 bits per heavy atom. The molecule has 0 aromatic heterocycles. The van der Waals surface area contributed by atoms with Gasteiger partial charge in [-0.1, -0.05) is 58.2 Å². The zero-order valence-corrected chi connectivity index (χ0v) is 20.5. The average molecular weight is 452 g/mol. The minimum absolute atomic E-state index is 0.0107. The van der Waals surface area contributed by atoms with E-state index in [0.717, 1.165) is 29.7 Å². The maximum absolute atomic E-state index is 13.0. The zero-order valence-electron chi connectivity index (χ0n) is 20.5. The van der Waals surface area contributed by atoms with E-state index in [4.69, 9.17) is 0 Å². The fourth-order valence-electron chi connectivity index (χ4n) is 6.12. The van der Waals surface area contributed by atoms with Crippen molar-refractivity contribution < 1.29 is 9.59 Å². The van der Waals surface area contributed by atoms with Crippen LogP contribution in [0.5, 0.6) is 0 Å². The van der Waals surface area contributed by atoms with Gasteiger partial charge < -0.3 is 15.5 Å². The third-order valence-electron chi connectivity index (χ3n) is 7.83. The van der Waals surface area contributed by atoms with Crippen molar-refractivity contribution in [2.45, 2.75) is 109 Å². The maximum Gasteiger partial charge on any atom is 0.255 e. The summed E-state index contributed by atoms with van der Waals surface area (Å²) in [5, 5.41) is 6.86. The number of allylic oxidation sites excluding steroid dienone is 1. The van der Waals surface area contributed by atoms with Crippen molar-refractivity contribution in [2.75, 3.05) is 0 Å². The summed E-state index contributed by atoms with van der Waals surface area (Å²) in [5.74, 6) is 0.539. The van der Waals surface area contributed by atoms with Crippen LogP contribution in [0.1, 0.15) is 99.5 Å². The topological polar surface area (TPSA) is 61.4 Å². The molecule has 33 heavy (non-hydrogen) atoms. The standard InChI is InChI=1S/C28H41N3O2/c1-4-8-23(9-5-2)30-25-11-7-6-10-21(25)16-20-13-14-24-22(17-20)18-31(28(24)33)26-15-12-19(3)29-27(26)32/h13-14,17,21,23,25-26,30H,3-12,15-16,18H2,1-2H3,(H,29,32)/t21-,25+,26?/m1/s1. The molecule has 4 rings (SSSR count). The van der Waals surface area contributed by atoms with Crippen LogP contribution >= 0.6 is 0 Å². The molecule has 1 aromatic rings. The molecule has 2 heterocycles. The molecule has 1 aromatic carbocycles. The third-order valence-corrected chi connectivity index (χ3v) is 7.83. The predicted octanol–water partition coefficient (Wildman–Crippen LogP) is 5.09. The maximum atomic E-state index is 13.0. The molecule has 2 fully saturated rings. The Bertz CT molecular complexity index is 874. The smallest absolute Gasteiger partial charge is 0.255 e. The first-order valence-corrected chi connectivity index (χ1v) is 13.2. The molecule has 5 nitrogen and oxygen atoms in total. The third kappa shape index (κ3) is 5.51. The summed E-state index contributed by atoms with van der Waals surface area (Å²) in [6.45, 7) is 8.96. The van der Waals surface area contributed by atoms with E-state index in [1.165, 1.54) is 56.9 Å². The number of nitrogens with zero attached hydrogens (tertiary/aromatic N) is 1. The fourth-order valence-corrected chi connectivity index (χ4v) is 6.12. The van der Waals surface area contributed by atoms with E-state index in [9.17, 15) is 9.59 Å². The lowest BCUT2D eigenvalue weighted by atomic mass is 9.80. The number of nitrogens with one attached hydrogen (secondary N) is 2. The highest BCUT2D eigenvalue weighted by atomic mass is 16.2. The average Bonchev–Trinajstić information content (AvgIpc) is 3.11. The van der Waals surface area contributed by atoms with E-state index in [-0.39, 0.29) is 17.9 Å². The molecule has 2 N–H and O–H groups in total. The molecule has 0 spiro atoms. The van der Waals surface area contributed by atoms with Crippen LogP contribution in [0.15, 0.2) is 30.5 Å². The normalized spacial score (nSPS) is 25.5. The van der Waals surface area contributed by atoms with Crippen LogP contribution in [-0.2, 0) is 17.8 Å². The van der Waals surface area contributed by atoms with Crippen molar-refractivity contribution in [3.05, 3.63) is 47.2 Å². The van der Waals surface area contributed by atoms with E-state index in [1.54, 1.807) is 4.90 Å².